The molecule has 0 atom stereocenters. The van der Waals surface area contributed by atoms with Crippen molar-refractivity contribution < 1.29 is 4.39 Å². The normalized spacial score (nSPS) is 11.1. The zero-order chi connectivity index (χ0) is 11.1. The Morgan fingerprint density at radius 2 is 2.12 bits per heavy atom. The second-order valence-corrected chi connectivity index (χ2v) is 4.73. The van der Waals surface area contributed by atoms with Crippen molar-refractivity contribution in [2.75, 3.05) is 0 Å². The van der Waals surface area contributed by atoms with Crippen LogP contribution in [0.2, 0.25) is 4.47 Å². The zero-order valence-electron chi connectivity index (χ0n) is 7.89. The fourth-order valence-corrected chi connectivity index (χ4v) is 2.37. The topological polar surface area (TPSA) is 30.2 Å². The number of fused-ring (bicyclic) bond motifs is 1. The first-order valence-corrected chi connectivity index (χ1v) is 5.70. The summed E-state index contributed by atoms with van der Waals surface area (Å²) in [6, 6.07) is 6.51. The molecule has 0 unspecified atom stereocenters. The van der Waals surface area contributed by atoms with Gasteiger partial charge in [0.15, 0.2) is 0 Å². The van der Waals surface area contributed by atoms with Crippen LogP contribution >= 0.6 is 22.9 Å². The Hall–Kier alpha value is -1.46. The SMILES string of the molecule is Fc1ccccc1-c1cn2nc(Cl)sc2n1. The minimum atomic E-state index is -0.292. The molecule has 0 bridgehead atoms. The Balaban J connectivity index is 2.19. The Labute approximate surface area is 99.1 Å². The van der Waals surface area contributed by atoms with Crippen LogP contribution in [0.5, 0.6) is 0 Å². The van der Waals surface area contributed by atoms with Crippen LogP contribution < -0.4 is 0 Å². The second kappa shape index (κ2) is 3.54. The number of rotatable bonds is 1. The van der Waals surface area contributed by atoms with E-state index in [1.54, 1.807) is 28.9 Å². The van der Waals surface area contributed by atoms with Gasteiger partial charge in [-0.2, -0.15) is 0 Å². The zero-order valence-corrected chi connectivity index (χ0v) is 9.46. The van der Waals surface area contributed by atoms with Gasteiger partial charge in [0.25, 0.3) is 0 Å². The first-order chi connectivity index (χ1) is 7.74. The second-order valence-electron chi connectivity index (χ2n) is 3.19. The van der Waals surface area contributed by atoms with Crippen LogP contribution in [-0.2, 0) is 0 Å². The van der Waals surface area contributed by atoms with E-state index < -0.39 is 0 Å². The van der Waals surface area contributed by atoms with Crippen LogP contribution in [0.4, 0.5) is 4.39 Å². The molecular weight excluding hydrogens is 249 g/mol. The lowest BCUT2D eigenvalue weighted by Crippen LogP contribution is -1.83. The van der Waals surface area contributed by atoms with Crippen LogP contribution in [0.25, 0.3) is 16.2 Å². The smallest absolute Gasteiger partial charge is 0.213 e. The van der Waals surface area contributed by atoms with Crippen LogP contribution in [0.15, 0.2) is 30.5 Å². The molecule has 2 aromatic heterocycles. The summed E-state index contributed by atoms with van der Waals surface area (Å²) in [5.41, 5.74) is 1.03. The van der Waals surface area contributed by atoms with Gasteiger partial charge >= 0.3 is 0 Å². The van der Waals surface area contributed by atoms with E-state index in [1.807, 2.05) is 0 Å². The van der Waals surface area contributed by atoms with Crippen LogP contribution in [0, 0.1) is 5.82 Å². The molecule has 0 radical (unpaired) electrons. The highest BCUT2D eigenvalue weighted by Crippen LogP contribution is 2.25. The summed E-state index contributed by atoms with van der Waals surface area (Å²) in [4.78, 5) is 4.91. The van der Waals surface area contributed by atoms with Crippen molar-refractivity contribution in [3.05, 3.63) is 40.7 Å². The molecule has 3 aromatic rings. The third-order valence-corrected chi connectivity index (χ3v) is 3.19. The lowest BCUT2D eigenvalue weighted by Gasteiger charge is -1.96. The van der Waals surface area contributed by atoms with Gasteiger partial charge in [-0.15, -0.1) is 5.10 Å². The predicted molar refractivity (Wildman–Crippen MR) is 61.3 cm³/mol. The average molecular weight is 254 g/mol. The predicted octanol–water partition coefficient (Wildman–Crippen LogP) is 3.25. The molecular formula is C10H5ClFN3S. The highest BCUT2D eigenvalue weighted by Gasteiger charge is 2.11. The van der Waals surface area contributed by atoms with Gasteiger partial charge in [-0.25, -0.2) is 13.9 Å². The van der Waals surface area contributed by atoms with E-state index >= 15 is 0 Å². The molecule has 0 aliphatic rings. The highest BCUT2D eigenvalue weighted by atomic mass is 35.5. The maximum atomic E-state index is 13.5. The highest BCUT2D eigenvalue weighted by molar-refractivity contribution is 7.20. The van der Waals surface area contributed by atoms with Gasteiger partial charge in [0.05, 0.1) is 11.9 Å². The number of aromatic nitrogens is 3. The molecule has 0 N–H and O–H groups in total. The third-order valence-electron chi connectivity index (χ3n) is 2.17. The van der Waals surface area contributed by atoms with Crippen molar-refractivity contribution in [2.45, 2.75) is 0 Å². The average Bonchev–Trinajstić information content (AvgIpc) is 2.75. The molecule has 0 spiro atoms. The van der Waals surface area contributed by atoms with Crippen molar-refractivity contribution in [1.29, 1.82) is 0 Å². The molecule has 0 saturated heterocycles. The number of halogens is 2. The van der Waals surface area contributed by atoms with Gasteiger partial charge in [-0.3, -0.25) is 0 Å². The quantitative estimate of drug-likeness (QED) is 0.666. The summed E-state index contributed by atoms with van der Waals surface area (Å²) in [5, 5.41) is 4.00. The molecule has 2 heterocycles. The van der Waals surface area contributed by atoms with Crippen molar-refractivity contribution >= 4 is 27.9 Å². The Kier molecular flexibility index (Phi) is 2.15. The van der Waals surface area contributed by atoms with Gasteiger partial charge in [0.2, 0.25) is 9.43 Å². The molecule has 0 aliphatic heterocycles. The maximum Gasteiger partial charge on any atom is 0.213 e. The summed E-state index contributed by atoms with van der Waals surface area (Å²) in [6.45, 7) is 0. The molecule has 0 fully saturated rings. The summed E-state index contributed by atoms with van der Waals surface area (Å²) >= 11 is 6.98. The first-order valence-electron chi connectivity index (χ1n) is 4.50. The van der Waals surface area contributed by atoms with E-state index in [4.69, 9.17) is 11.6 Å². The largest absolute Gasteiger partial charge is 0.217 e. The standard InChI is InChI=1S/C10H5ClFN3S/c11-9-14-15-5-8(13-10(15)16-9)6-3-1-2-4-7(6)12/h1-5H. The minimum absolute atomic E-state index is 0.292. The molecule has 1 aromatic carbocycles. The summed E-state index contributed by atoms with van der Waals surface area (Å²) in [5.74, 6) is -0.292. The van der Waals surface area contributed by atoms with Crippen molar-refractivity contribution in [3.8, 4) is 11.3 Å². The molecule has 80 valence electrons. The number of imidazole rings is 1. The van der Waals surface area contributed by atoms with E-state index in [-0.39, 0.29) is 5.82 Å². The van der Waals surface area contributed by atoms with E-state index in [0.29, 0.717) is 20.7 Å². The summed E-state index contributed by atoms with van der Waals surface area (Å²) in [7, 11) is 0. The molecule has 3 rings (SSSR count). The van der Waals surface area contributed by atoms with Gasteiger partial charge in [0.1, 0.15) is 5.82 Å². The van der Waals surface area contributed by atoms with Gasteiger partial charge in [-0.05, 0) is 23.7 Å². The van der Waals surface area contributed by atoms with Crippen molar-refractivity contribution in [2.24, 2.45) is 0 Å². The summed E-state index contributed by atoms with van der Waals surface area (Å²) < 4.78 is 15.5. The minimum Gasteiger partial charge on any atom is -0.217 e. The molecule has 0 amide bonds. The molecule has 0 aliphatic carbocycles. The lowest BCUT2D eigenvalue weighted by molar-refractivity contribution is 0.631. The van der Waals surface area contributed by atoms with Gasteiger partial charge < -0.3 is 0 Å². The van der Waals surface area contributed by atoms with Gasteiger partial charge in [0, 0.05) is 5.56 Å². The van der Waals surface area contributed by atoms with Crippen molar-refractivity contribution in [3.63, 3.8) is 0 Å². The van der Waals surface area contributed by atoms with Crippen LogP contribution in [0.3, 0.4) is 0 Å². The van der Waals surface area contributed by atoms with Gasteiger partial charge in [-0.1, -0.05) is 23.5 Å². The number of benzene rings is 1. The fourth-order valence-electron chi connectivity index (χ4n) is 1.47. The Bertz CT molecular complexity index is 629. The molecule has 3 nitrogen and oxygen atoms in total. The molecule has 6 heteroatoms. The van der Waals surface area contributed by atoms with E-state index in [0.717, 1.165) is 0 Å². The van der Waals surface area contributed by atoms with Crippen LogP contribution in [0.1, 0.15) is 0 Å². The fraction of sp³-hybridized carbons (Fsp3) is 0. The van der Waals surface area contributed by atoms with E-state index in [9.17, 15) is 4.39 Å². The first kappa shape index (κ1) is 9.74. The third kappa shape index (κ3) is 1.48. The van der Waals surface area contributed by atoms with Crippen molar-refractivity contribution in [1.82, 2.24) is 14.6 Å². The monoisotopic (exact) mass is 253 g/mol. The Morgan fingerprint density at radius 1 is 1.31 bits per heavy atom. The summed E-state index contributed by atoms with van der Waals surface area (Å²) in [6.07, 6.45) is 1.66. The molecule has 0 saturated carbocycles. The Morgan fingerprint density at radius 3 is 2.88 bits per heavy atom. The lowest BCUT2D eigenvalue weighted by atomic mass is 10.1. The maximum absolute atomic E-state index is 13.5. The number of nitrogens with zero attached hydrogens (tertiary/aromatic N) is 3. The number of hydrogen-bond donors (Lipinski definition) is 0. The van der Waals surface area contributed by atoms with E-state index in [2.05, 4.69) is 10.1 Å². The number of hydrogen-bond acceptors (Lipinski definition) is 3. The molecule has 16 heavy (non-hydrogen) atoms. The van der Waals surface area contributed by atoms with E-state index in [1.165, 1.54) is 17.4 Å². The van der Waals surface area contributed by atoms with Crippen LogP contribution in [-0.4, -0.2) is 14.6 Å².